The van der Waals surface area contributed by atoms with E-state index in [4.69, 9.17) is 4.74 Å². The second kappa shape index (κ2) is 6.72. The Labute approximate surface area is 152 Å². The third-order valence-corrected chi connectivity index (χ3v) is 5.35. The molecule has 0 unspecified atom stereocenters. The summed E-state index contributed by atoms with van der Waals surface area (Å²) in [4.78, 5) is 12.7. The number of fused-ring (bicyclic) bond motifs is 1. The lowest BCUT2D eigenvalue weighted by Gasteiger charge is -2.38. The highest BCUT2D eigenvalue weighted by atomic mass is 19.1. The van der Waals surface area contributed by atoms with Crippen molar-refractivity contribution in [2.24, 2.45) is 5.92 Å². The average molecular weight is 355 g/mol. The zero-order chi connectivity index (χ0) is 18.3. The van der Waals surface area contributed by atoms with Crippen molar-refractivity contribution in [3.63, 3.8) is 0 Å². The first kappa shape index (κ1) is 17.0. The van der Waals surface area contributed by atoms with Gasteiger partial charge in [0.1, 0.15) is 11.6 Å². The maximum atomic E-state index is 14.2. The molecule has 2 N–H and O–H groups in total. The number of hydrogen-bond donors (Lipinski definition) is 2. The van der Waals surface area contributed by atoms with Crippen LogP contribution >= 0.6 is 0 Å². The van der Waals surface area contributed by atoms with Crippen LogP contribution < -0.4 is 10.1 Å². The fraction of sp³-hybridized carbons (Fsp3) is 0.381. The van der Waals surface area contributed by atoms with Crippen molar-refractivity contribution in [2.75, 3.05) is 6.61 Å². The molecule has 1 aliphatic heterocycles. The molecule has 26 heavy (non-hydrogen) atoms. The number of ether oxygens (including phenoxy) is 1. The number of amides is 1. The zero-order valence-electron chi connectivity index (χ0n) is 14.7. The van der Waals surface area contributed by atoms with Crippen molar-refractivity contribution in [1.82, 2.24) is 5.32 Å². The molecule has 2 aliphatic rings. The molecule has 0 saturated heterocycles. The van der Waals surface area contributed by atoms with Gasteiger partial charge in [-0.3, -0.25) is 4.79 Å². The van der Waals surface area contributed by atoms with E-state index < -0.39 is 11.7 Å². The van der Waals surface area contributed by atoms with Crippen LogP contribution in [0.15, 0.2) is 36.4 Å². The van der Waals surface area contributed by atoms with E-state index in [1.165, 1.54) is 12.1 Å². The SMILES string of the molecule is Cc1ccc(C(=O)N[C@H](c2ccc3c(c2)CCO3)C2CC(O)C2)c(F)c1. The molecule has 0 radical (unpaired) electrons. The number of aliphatic hydroxyl groups is 1. The van der Waals surface area contributed by atoms with Gasteiger partial charge in [0.25, 0.3) is 5.91 Å². The highest BCUT2D eigenvalue weighted by molar-refractivity contribution is 5.94. The van der Waals surface area contributed by atoms with E-state index in [-0.39, 0.29) is 23.6 Å². The number of halogens is 1. The zero-order valence-corrected chi connectivity index (χ0v) is 14.7. The standard InChI is InChI=1S/C21H22FNO3/c1-12-2-4-17(18(22)8-12)21(25)23-20(15-10-16(24)11-15)14-3-5-19-13(9-14)6-7-26-19/h2-5,8-9,15-16,20,24H,6-7,10-11H2,1H3,(H,23,25)/t15?,16?,20-/m1/s1. The summed E-state index contributed by atoms with van der Waals surface area (Å²) in [6, 6.07) is 10.3. The van der Waals surface area contributed by atoms with Crippen LogP contribution in [0.1, 0.15) is 45.9 Å². The maximum absolute atomic E-state index is 14.2. The summed E-state index contributed by atoms with van der Waals surface area (Å²) < 4.78 is 19.7. The minimum atomic E-state index is -0.516. The van der Waals surface area contributed by atoms with Gasteiger partial charge < -0.3 is 15.2 Å². The van der Waals surface area contributed by atoms with E-state index in [1.54, 1.807) is 13.0 Å². The number of carbonyl (C=O) groups excluding carboxylic acids is 1. The lowest BCUT2D eigenvalue weighted by atomic mass is 9.74. The van der Waals surface area contributed by atoms with Crippen molar-refractivity contribution in [3.05, 3.63) is 64.5 Å². The van der Waals surface area contributed by atoms with Crippen LogP contribution in [0.5, 0.6) is 5.75 Å². The largest absolute Gasteiger partial charge is 0.493 e. The summed E-state index contributed by atoms with van der Waals surface area (Å²) in [5.41, 5.74) is 2.93. The first-order valence-corrected chi connectivity index (χ1v) is 9.02. The predicted octanol–water partition coefficient (Wildman–Crippen LogP) is 3.31. The molecule has 1 amide bonds. The lowest BCUT2D eigenvalue weighted by Crippen LogP contribution is -2.41. The van der Waals surface area contributed by atoms with Crippen LogP contribution in [0.4, 0.5) is 4.39 Å². The van der Waals surface area contributed by atoms with E-state index in [9.17, 15) is 14.3 Å². The minimum Gasteiger partial charge on any atom is -0.493 e. The Morgan fingerprint density at radius 3 is 2.81 bits per heavy atom. The van der Waals surface area contributed by atoms with E-state index in [0.717, 1.165) is 28.9 Å². The number of aryl methyl sites for hydroxylation is 1. The normalized spacial score (nSPS) is 22.1. The molecule has 4 rings (SSSR count). The number of nitrogens with one attached hydrogen (secondary N) is 1. The minimum absolute atomic E-state index is 0.0463. The first-order valence-electron chi connectivity index (χ1n) is 9.02. The molecular weight excluding hydrogens is 333 g/mol. The Balaban J connectivity index is 1.60. The summed E-state index contributed by atoms with van der Waals surface area (Å²) in [7, 11) is 0. The highest BCUT2D eigenvalue weighted by Gasteiger charge is 2.36. The van der Waals surface area contributed by atoms with E-state index in [0.29, 0.717) is 19.4 Å². The van der Waals surface area contributed by atoms with Gasteiger partial charge in [-0.25, -0.2) is 4.39 Å². The Morgan fingerprint density at radius 1 is 1.27 bits per heavy atom. The quantitative estimate of drug-likeness (QED) is 0.885. The summed E-state index contributed by atoms with van der Waals surface area (Å²) in [5.74, 6) is 0.0859. The molecular formula is C21H22FNO3. The lowest BCUT2D eigenvalue weighted by molar-refractivity contribution is 0.0234. The number of hydrogen-bond acceptors (Lipinski definition) is 3. The first-order chi connectivity index (χ1) is 12.5. The van der Waals surface area contributed by atoms with Crippen LogP contribution in [-0.2, 0) is 6.42 Å². The van der Waals surface area contributed by atoms with Gasteiger partial charge in [-0.2, -0.15) is 0 Å². The van der Waals surface area contributed by atoms with E-state index >= 15 is 0 Å². The molecule has 4 nitrogen and oxygen atoms in total. The molecule has 0 aromatic heterocycles. The third-order valence-electron chi connectivity index (χ3n) is 5.35. The van der Waals surface area contributed by atoms with Gasteiger partial charge in [-0.15, -0.1) is 0 Å². The Hall–Kier alpha value is -2.40. The fourth-order valence-corrected chi connectivity index (χ4v) is 3.80. The van der Waals surface area contributed by atoms with Crippen molar-refractivity contribution in [3.8, 4) is 5.75 Å². The van der Waals surface area contributed by atoms with Gasteiger partial charge in [-0.1, -0.05) is 12.1 Å². The number of rotatable bonds is 4. The van der Waals surface area contributed by atoms with E-state index in [1.807, 2.05) is 12.1 Å². The topological polar surface area (TPSA) is 58.6 Å². The molecule has 2 aromatic rings. The molecule has 1 saturated carbocycles. The van der Waals surface area contributed by atoms with Crippen molar-refractivity contribution >= 4 is 5.91 Å². The smallest absolute Gasteiger partial charge is 0.254 e. The molecule has 1 heterocycles. The molecule has 0 spiro atoms. The molecule has 1 aliphatic carbocycles. The molecule has 2 aromatic carbocycles. The van der Waals surface area contributed by atoms with Gasteiger partial charge in [0.2, 0.25) is 0 Å². The van der Waals surface area contributed by atoms with Crippen LogP contribution in [0.2, 0.25) is 0 Å². The average Bonchev–Trinajstić information content (AvgIpc) is 3.04. The number of benzene rings is 2. The summed E-state index contributed by atoms with van der Waals surface area (Å²) in [5, 5.41) is 12.7. The van der Waals surface area contributed by atoms with Crippen molar-refractivity contribution in [2.45, 2.75) is 38.3 Å². The number of carbonyl (C=O) groups is 1. The fourth-order valence-electron chi connectivity index (χ4n) is 3.80. The monoisotopic (exact) mass is 355 g/mol. The molecule has 1 atom stereocenters. The van der Waals surface area contributed by atoms with Crippen LogP contribution in [0, 0.1) is 18.7 Å². The highest BCUT2D eigenvalue weighted by Crippen LogP contribution is 2.40. The van der Waals surface area contributed by atoms with Crippen LogP contribution in [0.25, 0.3) is 0 Å². The van der Waals surface area contributed by atoms with Crippen LogP contribution in [0.3, 0.4) is 0 Å². The van der Waals surface area contributed by atoms with Gasteiger partial charge in [0, 0.05) is 6.42 Å². The Bertz CT molecular complexity index is 845. The summed E-state index contributed by atoms with van der Waals surface area (Å²) in [6.45, 7) is 2.46. The second-order valence-electron chi connectivity index (χ2n) is 7.29. The van der Waals surface area contributed by atoms with Gasteiger partial charge in [-0.05, 0) is 66.6 Å². The second-order valence-corrected chi connectivity index (χ2v) is 7.29. The molecule has 136 valence electrons. The number of aliphatic hydroxyl groups excluding tert-OH is 1. The van der Waals surface area contributed by atoms with Gasteiger partial charge in [0.15, 0.2) is 0 Å². The third kappa shape index (κ3) is 3.19. The van der Waals surface area contributed by atoms with Gasteiger partial charge >= 0.3 is 0 Å². The van der Waals surface area contributed by atoms with Gasteiger partial charge in [0.05, 0.1) is 24.3 Å². The molecule has 0 bridgehead atoms. The predicted molar refractivity (Wildman–Crippen MR) is 95.7 cm³/mol. The summed E-state index contributed by atoms with van der Waals surface area (Å²) >= 11 is 0. The van der Waals surface area contributed by atoms with Crippen LogP contribution in [-0.4, -0.2) is 23.7 Å². The summed E-state index contributed by atoms with van der Waals surface area (Å²) in [6.07, 6.45) is 1.79. The van der Waals surface area contributed by atoms with Crippen molar-refractivity contribution < 1.29 is 19.0 Å². The van der Waals surface area contributed by atoms with E-state index in [2.05, 4.69) is 11.4 Å². The maximum Gasteiger partial charge on any atom is 0.254 e. The molecule has 5 heteroatoms. The Kier molecular flexibility index (Phi) is 4.41. The molecule has 1 fully saturated rings. The Morgan fingerprint density at radius 2 is 2.08 bits per heavy atom. The van der Waals surface area contributed by atoms with Crippen molar-refractivity contribution in [1.29, 1.82) is 0 Å².